The van der Waals surface area contributed by atoms with Gasteiger partial charge in [0.15, 0.2) is 0 Å². The zero-order valence-electron chi connectivity index (χ0n) is 10.8. The minimum atomic E-state index is -4.04. The van der Waals surface area contributed by atoms with E-state index in [1.54, 1.807) is 0 Å². The fraction of sp³-hybridized carbons (Fsp3) is 0.364. The molecule has 0 aliphatic carbocycles. The number of hydrogen-bond acceptors (Lipinski definition) is 5. The van der Waals surface area contributed by atoms with E-state index in [0.717, 1.165) is 6.07 Å². The van der Waals surface area contributed by atoms with Crippen molar-refractivity contribution >= 4 is 15.7 Å². The van der Waals surface area contributed by atoms with Crippen molar-refractivity contribution in [3.05, 3.63) is 33.6 Å². The van der Waals surface area contributed by atoms with Crippen LogP contribution in [0.2, 0.25) is 0 Å². The summed E-state index contributed by atoms with van der Waals surface area (Å²) in [5.74, 6) is -1.66. The van der Waals surface area contributed by atoms with Crippen LogP contribution in [0.25, 0.3) is 0 Å². The molecule has 1 aromatic rings. The van der Waals surface area contributed by atoms with Crippen LogP contribution in [0.3, 0.4) is 0 Å². The third-order valence-corrected chi connectivity index (χ3v) is 4.10. The van der Waals surface area contributed by atoms with Gasteiger partial charge in [-0.3, -0.25) is 10.1 Å². The van der Waals surface area contributed by atoms with E-state index in [2.05, 4.69) is 4.72 Å². The van der Waals surface area contributed by atoms with Crippen LogP contribution in [0.5, 0.6) is 0 Å². The topological polar surface area (TPSA) is 113 Å². The highest BCUT2D eigenvalue weighted by atomic mass is 32.2. The molecule has 1 rings (SSSR count). The molecule has 1 unspecified atom stereocenters. The van der Waals surface area contributed by atoms with Gasteiger partial charge in [0.05, 0.1) is 21.8 Å². The van der Waals surface area contributed by atoms with E-state index in [0.29, 0.717) is 6.07 Å². The van der Waals surface area contributed by atoms with Gasteiger partial charge in [-0.25, -0.2) is 13.1 Å². The molecule has 0 aliphatic heterocycles. The molecule has 0 radical (unpaired) electrons. The Morgan fingerprint density at radius 2 is 2.15 bits per heavy atom. The van der Waals surface area contributed by atoms with Gasteiger partial charge in [0.1, 0.15) is 0 Å². The molecule has 0 saturated carbocycles. The van der Waals surface area contributed by atoms with Gasteiger partial charge < -0.3 is 0 Å². The monoisotopic (exact) mass is 301 g/mol. The third kappa shape index (κ3) is 3.49. The average molecular weight is 301 g/mol. The van der Waals surface area contributed by atoms with E-state index >= 15 is 0 Å². The number of halogens is 1. The summed E-state index contributed by atoms with van der Waals surface area (Å²) in [5.41, 5.74) is -0.866. The fourth-order valence-corrected chi connectivity index (χ4v) is 2.80. The number of hydrogen-bond donors (Lipinski definition) is 1. The molecule has 9 heteroatoms. The van der Waals surface area contributed by atoms with Gasteiger partial charge in [0.25, 0.3) is 0 Å². The molecule has 0 heterocycles. The Labute approximate surface area is 115 Å². The molecule has 20 heavy (non-hydrogen) atoms. The highest BCUT2D eigenvalue weighted by Crippen LogP contribution is 2.25. The van der Waals surface area contributed by atoms with Gasteiger partial charge in [-0.05, 0) is 25.5 Å². The number of nitrogens with zero attached hydrogens (tertiary/aromatic N) is 2. The summed E-state index contributed by atoms with van der Waals surface area (Å²) in [5, 5.41) is 19.2. The number of sulfonamides is 1. The van der Waals surface area contributed by atoms with E-state index in [4.69, 9.17) is 5.26 Å². The predicted octanol–water partition coefficient (Wildman–Crippen LogP) is 1.48. The second-order valence-electron chi connectivity index (χ2n) is 4.21. The molecule has 1 aromatic carbocycles. The van der Waals surface area contributed by atoms with Crippen molar-refractivity contribution in [1.29, 1.82) is 5.26 Å². The highest BCUT2D eigenvalue weighted by molar-refractivity contribution is 7.89. The molecule has 0 aromatic heterocycles. The first-order valence-corrected chi connectivity index (χ1v) is 7.01. The summed E-state index contributed by atoms with van der Waals surface area (Å²) in [6, 6.07) is 3.31. The number of aryl methyl sites for hydroxylation is 1. The smallest absolute Gasteiger partial charge is 0.258 e. The van der Waals surface area contributed by atoms with Gasteiger partial charge >= 0.3 is 5.69 Å². The zero-order valence-corrected chi connectivity index (χ0v) is 11.6. The van der Waals surface area contributed by atoms with Gasteiger partial charge in [-0.1, -0.05) is 0 Å². The lowest BCUT2D eigenvalue weighted by molar-refractivity contribution is -0.387. The molecule has 0 amide bonds. The summed E-state index contributed by atoms with van der Waals surface area (Å²) in [4.78, 5) is 9.26. The Morgan fingerprint density at radius 3 is 2.65 bits per heavy atom. The second-order valence-corrected chi connectivity index (χ2v) is 5.94. The lowest BCUT2D eigenvalue weighted by Crippen LogP contribution is -2.28. The van der Waals surface area contributed by atoms with E-state index in [9.17, 15) is 22.9 Å². The summed E-state index contributed by atoms with van der Waals surface area (Å²) < 4.78 is 39.5. The van der Waals surface area contributed by atoms with Crippen molar-refractivity contribution in [2.75, 3.05) is 6.54 Å². The molecule has 1 N–H and O–H groups in total. The second kappa shape index (κ2) is 5.94. The molecule has 0 bridgehead atoms. The quantitative estimate of drug-likeness (QED) is 0.653. The number of nitriles is 1. The lowest BCUT2D eigenvalue weighted by atomic mass is 10.2. The number of benzene rings is 1. The molecule has 0 spiro atoms. The fourth-order valence-electron chi connectivity index (χ4n) is 1.43. The number of rotatable bonds is 5. The summed E-state index contributed by atoms with van der Waals surface area (Å²) in [6.07, 6.45) is 0. The minimum Gasteiger partial charge on any atom is -0.258 e. The van der Waals surface area contributed by atoms with Crippen molar-refractivity contribution in [1.82, 2.24) is 4.72 Å². The first-order valence-electron chi connectivity index (χ1n) is 5.53. The molecular weight excluding hydrogens is 289 g/mol. The van der Waals surface area contributed by atoms with Gasteiger partial charge in [0, 0.05) is 12.6 Å². The van der Waals surface area contributed by atoms with E-state index < -0.39 is 32.4 Å². The Balaban J connectivity index is 3.22. The Morgan fingerprint density at radius 1 is 1.55 bits per heavy atom. The normalized spacial score (nSPS) is 12.7. The van der Waals surface area contributed by atoms with Crippen LogP contribution < -0.4 is 4.72 Å². The summed E-state index contributed by atoms with van der Waals surface area (Å²) >= 11 is 0. The third-order valence-electron chi connectivity index (χ3n) is 2.53. The number of nitro groups is 1. The maximum Gasteiger partial charge on any atom is 0.306 e. The first-order chi connectivity index (χ1) is 9.19. The summed E-state index contributed by atoms with van der Waals surface area (Å²) in [6.45, 7) is 2.71. The zero-order chi connectivity index (χ0) is 15.5. The Bertz CT molecular complexity index is 682. The molecule has 0 saturated heterocycles. The van der Waals surface area contributed by atoms with Crippen LogP contribution in [-0.2, 0) is 10.0 Å². The van der Waals surface area contributed by atoms with Crippen LogP contribution >= 0.6 is 0 Å². The van der Waals surface area contributed by atoms with Crippen molar-refractivity contribution in [3.8, 4) is 6.07 Å². The average Bonchev–Trinajstić information content (AvgIpc) is 2.35. The van der Waals surface area contributed by atoms with Gasteiger partial charge in [0.2, 0.25) is 15.8 Å². The highest BCUT2D eigenvalue weighted by Gasteiger charge is 2.24. The maximum absolute atomic E-state index is 13.3. The largest absolute Gasteiger partial charge is 0.306 e. The van der Waals surface area contributed by atoms with Crippen molar-refractivity contribution in [3.63, 3.8) is 0 Å². The van der Waals surface area contributed by atoms with Crippen LogP contribution in [-0.4, -0.2) is 19.9 Å². The maximum atomic E-state index is 13.3. The van der Waals surface area contributed by atoms with Crippen LogP contribution in [0, 0.1) is 40.1 Å². The van der Waals surface area contributed by atoms with E-state index in [-0.39, 0.29) is 17.0 Å². The van der Waals surface area contributed by atoms with E-state index in [1.165, 1.54) is 13.8 Å². The van der Waals surface area contributed by atoms with Gasteiger partial charge in [-0.2, -0.15) is 9.65 Å². The van der Waals surface area contributed by atoms with Crippen LogP contribution in [0.15, 0.2) is 17.0 Å². The van der Waals surface area contributed by atoms with Crippen LogP contribution in [0.4, 0.5) is 10.1 Å². The summed E-state index contributed by atoms with van der Waals surface area (Å²) in [7, 11) is -4.04. The van der Waals surface area contributed by atoms with Crippen molar-refractivity contribution in [2.45, 2.75) is 18.7 Å². The van der Waals surface area contributed by atoms with Crippen LogP contribution in [0.1, 0.15) is 12.5 Å². The molecular formula is C11H12FN3O4S. The Hall–Kier alpha value is -2.05. The molecule has 7 nitrogen and oxygen atoms in total. The standard InChI is InChI=1S/C11H12FN3O4S/c1-7(5-13)6-14-20(18,19)11-4-10(15(16)17)9(12)3-8(11)2/h3-4,7,14H,6H2,1-2H3. The Kier molecular flexibility index (Phi) is 4.75. The number of nitrogens with one attached hydrogen (secondary N) is 1. The van der Waals surface area contributed by atoms with Crippen molar-refractivity contribution < 1.29 is 17.7 Å². The molecule has 108 valence electrons. The van der Waals surface area contributed by atoms with E-state index in [1.807, 2.05) is 6.07 Å². The molecule has 1 atom stereocenters. The van der Waals surface area contributed by atoms with Gasteiger partial charge in [-0.15, -0.1) is 0 Å². The molecule has 0 aliphatic rings. The first kappa shape index (κ1) is 16.0. The SMILES string of the molecule is Cc1cc(F)c([N+](=O)[O-])cc1S(=O)(=O)NCC(C)C#N. The lowest BCUT2D eigenvalue weighted by Gasteiger charge is -2.10. The predicted molar refractivity (Wildman–Crippen MR) is 67.8 cm³/mol. The minimum absolute atomic E-state index is 0.0465. The molecule has 0 fully saturated rings. The van der Waals surface area contributed by atoms with Crippen molar-refractivity contribution in [2.24, 2.45) is 5.92 Å². The number of nitro benzene ring substituents is 1.